The van der Waals surface area contributed by atoms with Crippen LogP contribution >= 0.6 is 0 Å². The van der Waals surface area contributed by atoms with Crippen molar-refractivity contribution in [1.29, 1.82) is 0 Å². The number of hydrogen-bond donors (Lipinski definition) is 4. The number of rotatable bonds is 10. The molecule has 24 heavy (non-hydrogen) atoms. The van der Waals surface area contributed by atoms with E-state index < -0.39 is 12.0 Å². The molecule has 0 aliphatic carbocycles. The van der Waals surface area contributed by atoms with Crippen LogP contribution in [0.1, 0.15) is 67.7 Å². The van der Waals surface area contributed by atoms with Crippen molar-refractivity contribution in [2.24, 2.45) is 5.92 Å². The minimum Gasteiger partial charge on any atom is -0.480 e. The highest BCUT2D eigenvalue weighted by Crippen LogP contribution is 2.12. The highest BCUT2D eigenvalue weighted by Gasteiger charge is 2.24. The Morgan fingerprint density at radius 3 is 2.04 bits per heavy atom. The van der Waals surface area contributed by atoms with E-state index >= 15 is 0 Å². The number of hydrogen-bond acceptors (Lipinski definition) is 4. The fourth-order valence-electron chi connectivity index (χ4n) is 2.15. The van der Waals surface area contributed by atoms with Gasteiger partial charge < -0.3 is 21.1 Å². The van der Waals surface area contributed by atoms with E-state index in [1.165, 1.54) is 0 Å². The van der Waals surface area contributed by atoms with E-state index in [-0.39, 0.29) is 22.9 Å². The number of carbonyl (C=O) groups excluding carboxylic acids is 1. The molecule has 2 atom stereocenters. The summed E-state index contributed by atoms with van der Waals surface area (Å²) >= 11 is 0. The Morgan fingerprint density at radius 1 is 1.00 bits per heavy atom. The molecule has 142 valence electrons. The van der Waals surface area contributed by atoms with E-state index in [1.54, 1.807) is 6.92 Å². The Hall–Kier alpha value is -1.14. The van der Waals surface area contributed by atoms with Crippen LogP contribution in [0.15, 0.2) is 0 Å². The molecule has 0 aromatic carbocycles. The predicted molar refractivity (Wildman–Crippen MR) is 98.1 cm³/mol. The summed E-state index contributed by atoms with van der Waals surface area (Å²) in [6.07, 6.45) is 2.52. The Kier molecular flexibility index (Phi) is 9.51. The topological polar surface area (TPSA) is 90.5 Å². The van der Waals surface area contributed by atoms with Crippen molar-refractivity contribution in [2.75, 3.05) is 13.1 Å². The third kappa shape index (κ3) is 12.3. The molecule has 0 heterocycles. The van der Waals surface area contributed by atoms with E-state index in [9.17, 15) is 9.59 Å². The summed E-state index contributed by atoms with van der Waals surface area (Å²) in [5, 5.41) is 18.3. The molecule has 6 nitrogen and oxygen atoms in total. The lowest BCUT2D eigenvalue weighted by Gasteiger charge is -2.28. The van der Waals surface area contributed by atoms with Gasteiger partial charge in [-0.25, -0.2) is 0 Å². The average Bonchev–Trinajstić information content (AvgIpc) is 2.37. The van der Waals surface area contributed by atoms with Crippen molar-refractivity contribution in [3.8, 4) is 0 Å². The zero-order valence-electron chi connectivity index (χ0n) is 16.5. The molecule has 0 spiro atoms. The summed E-state index contributed by atoms with van der Waals surface area (Å²) in [6, 6.07) is -0.535. The fraction of sp³-hybridized carbons (Fsp3) is 0.889. The van der Waals surface area contributed by atoms with E-state index in [4.69, 9.17) is 5.11 Å². The molecule has 0 aromatic heterocycles. The van der Waals surface area contributed by atoms with Crippen molar-refractivity contribution in [1.82, 2.24) is 16.0 Å². The second-order valence-corrected chi connectivity index (χ2v) is 8.58. The molecule has 0 radical (unpaired) electrons. The number of amides is 1. The molecule has 6 heteroatoms. The molecule has 0 aliphatic heterocycles. The van der Waals surface area contributed by atoms with Crippen LogP contribution in [0, 0.1) is 5.92 Å². The zero-order valence-corrected chi connectivity index (χ0v) is 16.5. The second kappa shape index (κ2) is 9.99. The van der Waals surface area contributed by atoms with Crippen LogP contribution in [0.3, 0.4) is 0 Å². The minimum absolute atomic E-state index is 0.0290. The summed E-state index contributed by atoms with van der Waals surface area (Å²) in [7, 11) is 0. The quantitative estimate of drug-likeness (QED) is 0.456. The molecule has 4 N–H and O–H groups in total. The number of nitrogens with one attached hydrogen (secondary N) is 3. The van der Waals surface area contributed by atoms with Gasteiger partial charge in [-0.3, -0.25) is 9.59 Å². The first-order valence-corrected chi connectivity index (χ1v) is 8.85. The molecule has 0 aromatic rings. The van der Waals surface area contributed by atoms with E-state index in [2.05, 4.69) is 36.7 Å². The summed E-state index contributed by atoms with van der Waals surface area (Å²) in [5.41, 5.74) is -0.270. The van der Waals surface area contributed by atoms with Gasteiger partial charge in [0.05, 0.1) is 5.92 Å². The first kappa shape index (κ1) is 22.9. The van der Waals surface area contributed by atoms with Crippen LogP contribution in [-0.2, 0) is 9.59 Å². The first-order valence-electron chi connectivity index (χ1n) is 8.85. The van der Waals surface area contributed by atoms with Crippen LogP contribution in [0.5, 0.6) is 0 Å². The van der Waals surface area contributed by atoms with Crippen molar-refractivity contribution >= 4 is 11.9 Å². The van der Waals surface area contributed by atoms with Gasteiger partial charge in [-0.1, -0.05) is 6.42 Å². The van der Waals surface area contributed by atoms with Crippen molar-refractivity contribution in [3.05, 3.63) is 0 Å². The van der Waals surface area contributed by atoms with Gasteiger partial charge in [-0.15, -0.1) is 0 Å². The molecule has 0 saturated carbocycles. The van der Waals surface area contributed by atoms with Gasteiger partial charge in [0, 0.05) is 17.6 Å². The van der Waals surface area contributed by atoms with Gasteiger partial charge in [0.25, 0.3) is 0 Å². The van der Waals surface area contributed by atoms with Crippen molar-refractivity contribution < 1.29 is 14.7 Å². The summed E-state index contributed by atoms with van der Waals surface area (Å²) in [4.78, 5) is 23.2. The second-order valence-electron chi connectivity index (χ2n) is 8.58. The highest BCUT2D eigenvalue weighted by atomic mass is 16.4. The molecule has 0 rings (SSSR count). The largest absolute Gasteiger partial charge is 0.480 e. The van der Waals surface area contributed by atoms with Gasteiger partial charge in [0.2, 0.25) is 5.91 Å². The lowest BCUT2D eigenvalue weighted by molar-refractivity contribution is -0.139. The lowest BCUT2D eigenvalue weighted by atomic mass is 9.97. The molecular formula is C18H37N3O3. The van der Waals surface area contributed by atoms with E-state index in [0.29, 0.717) is 13.1 Å². The van der Waals surface area contributed by atoms with Gasteiger partial charge >= 0.3 is 5.97 Å². The van der Waals surface area contributed by atoms with Crippen LogP contribution in [-0.4, -0.2) is 47.2 Å². The average molecular weight is 344 g/mol. The maximum Gasteiger partial charge on any atom is 0.320 e. The van der Waals surface area contributed by atoms with Gasteiger partial charge in [0.1, 0.15) is 6.04 Å². The SMILES string of the molecule is CC(NCCCC[C@H](CNC(C)(C)C)C(=O)NC(C)(C)C)C(=O)O. The number of aliphatic carboxylic acids is 1. The maximum atomic E-state index is 12.5. The molecule has 0 bridgehead atoms. The number of carboxylic acid groups (broad SMARTS) is 1. The molecule has 0 saturated heterocycles. The van der Waals surface area contributed by atoms with Gasteiger partial charge in [-0.2, -0.15) is 0 Å². The summed E-state index contributed by atoms with van der Waals surface area (Å²) in [6.45, 7) is 15.1. The Labute approximate surface area is 147 Å². The number of carboxylic acids is 1. The van der Waals surface area contributed by atoms with Crippen LogP contribution in [0.25, 0.3) is 0 Å². The van der Waals surface area contributed by atoms with Crippen LogP contribution in [0.4, 0.5) is 0 Å². The van der Waals surface area contributed by atoms with Crippen LogP contribution < -0.4 is 16.0 Å². The number of carbonyl (C=O) groups is 2. The minimum atomic E-state index is -0.841. The van der Waals surface area contributed by atoms with Crippen LogP contribution in [0.2, 0.25) is 0 Å². The predicted octanol–water partition coefficient (Wildman–Crippen LogP) is 2.14. The van der Waals surface area contributed by atoms with E-state index in [0.717, 1.165) is 19.3 Å². The third-order valence-corrected chi connectivity index (χ3v) is 3.55. The Morgan fingerprint density at radius 2 is 1.58 bits per heavy atom. The smallest absolute Gasteiger partial charge is 0.320 e. The van der Waals surface area contributed by atoms with Gasteiger partial charge in [0.15, 0.2) is 0 Å². The molecule has 0 fully saturated rings. The first-order chi connectivity index (χ1) is 10.8. The van der Waals surface area contributed by atoms with Gasteiger partial charge in [-0.05, 0) is 67.9 Å². The van der Waals surface area contributed by atoms with Crippen molar-refractivity contribution in [3.63, 3.8) is 0 Å². The fourth-order valence-corrected chi connectivity index (χ4v) is 2.15. The zero-order chi connectivity index (χ0) is 19.0. The highest BCUT2D eigenvalue weighted by molar-refractivity contribution is 5.79. The van der Waals surface area contributed by atoms with E-state index in [1.807, 2.05) is 20.8 Å². The lowest BCUT2D eigenvalue weighted by Crippen LogP contribution is -2.48. The Bertz CT molecular complexity index is 397. The number of unbranched alkanes of at least 4 members (excludes halogenated alkanes) is 1. The molecule has 1 amide bonds. The normalized spacial score (nSPS) is 15.0. The molecule has 1 unspecified atom stereocenters. The standard InChI is InChI=1S/C18H37N3O3/c1-13(16(23)24)19-11-9-8-10-14(12-20-17(2,3)4)15(22)21-18(5,6)7/h13-14,19-20H,8-12H2,1-7H3,(H,21,22)(H,23,24)/t13?,14-/m1/s1. The summed E-state index contributed by atoms with van der Waals surface area (Å²) in [5.74, 6) is -0.849. The molecule has 0 aliphatic rings. The maximum absolute atomic E-state index is 12.5. The third-order valence-electron chi connectivity index (χ3n) is 3.55. The Balaban J connectivity index is 4.39. The van der Waals surface area contributed by atoms with Crippen molar-refractivity contribution in [2.45, 2.75) is 84.8 Å². The monoisotopic (exact) mass is 343 g/mol. The summed E-state index contributed by atoms with van der Waals surface area (Å²) < 4.78 is 0. The molecular weight excluding hydrogens is 306 g/mol.